The van der Waals surface area contributed by atoms with Crippen LogP contribution in [-0.4, -0.2) is 36.1 Å². The zero-order valence-electron chi connectivity index (χ0n) is 12.2. The summed E-state index contributed by atoms with van der Waals surface area (Å²) in [5.41, 5.74) is 6.89. The lowest BCUT2D eigenvalue weighted by Gasteiger charge is -2.22. The second kappa shape index (κ2) is 7.26. The van der Waals surface area contributed by atoms with Crippen molar-refractivity contribution in [2.24, 2.45) is 5.73 Å². The lowest BCUT2D eigenvalue weighted by molar-refractivity contribution is 0.213. The average Bonchev–Trinajstić information content (AvgIpc) is 2.76. The Morgan fingerprint density at radius 1 is 1.29 bits per heavy atom. The molecule has 0 bridgehead atoms. The normalized spacial score (nSPS) is 15.2. The molecule has 0 aliphatic carbocycles. The van der Waals surface area contributed by atoms with Gasteiger partial charge in [-0.25, -0.2) is 4.79 Å². The Morgan fingerprint density at radius 3 is 2.52 bits per heavy atom. The fourth-order valence-corrected chi connectivity index (χ4v) is 2.67. The van der Waals surface area contributed by atoms with Crippen molar-refractivity contribution in [3.8, 4) is 5.75 Å². The summed E-state index contributed by atoms with van der Waals surface area (Å²) >= 11 is 5.05. The highest BCUT2D eigenvalue weighted by molar-refractivity contribution is 7.80. The van der Waals surface area contributed by atoms with Gasteiger partial charge in [0, 0.05) is 18.7 Å². The van der Waals surface area contributed by atoms with Crippen molar-refractivity contribution in [3.05, 3.63) is 23.8 Å². The molecule has 1 fully saturated rings. The van der Waals surface area contributed by atoms with Crippen LogP contribution in [0.5, 0.6) is 5.75 Å². The van der Waals surface area contributed by atoms with Gasteiger partial charge < -0.3 is 20.7 Å². The first-order chi connectivity index (χ1) is 10.1. The van der Waals surface area contributed by atoms with Crippen molar-refractivity contribution in [1.82, 2.24) is 4.90 Å². The van der Waals surface area contributed by atoms with Crippen molar-refractivity contribution in [2.75, 3.05) is 25.5 Å². The van der Waals surface area contributed by atoms with Gasteiger partial charge in [0.2, 0.25) is 0 Å². The number of nitrogens with two attached hydrogens (primary N) is 1. The molecular formula is C15H21N3O2S. The largest absolute Gasteiger partial charge is 0.495 e. The zero-order chi connectivity index (χ0) is 15.2. The topological polar surface area (TPSA) is 67.6 Å². The highest BCUT2D eigenvalue weighted by Gasteiger charge is 2.19. The first kappa shape index (κ1) is 15.6. The van der Waals surface area contributed by atoms with Gasteiger partial charge in [-0.1, -0.05) is 31.1 Å². The Morgan fingerprint density at radius 2 is 1.95 bits per heavy atom. The number of carbonyl (C=O) groups is 1. The lowest BCUT2D eigenvalue weighted by atomic mass is 10.1. The summed E-state index contributed by atoms with van der Waals surface area (Å²) in [7, 11) is 1.56. The zero-order valence-corrected chi connectivity index (χ0v) is 13.0. The Hall–Kier alpha value is -1.82. The number of thiocarbonyl (C=S) groups is 1. The molecule has 2 rings (SSSR count). The molecule has 5 nitrogen and oxygen atoms in total. The minimum absolute atomic E-state index is 0.126. The smallest absolute Gasteiger partial charge is 0.321 e. The number of hydrogen-bond donors (Lipinski definition) is 2. The number of amides is 2. The first-order valence-corrected chi connectivity index (χ1v) is 7.57. The van der Waals surface area contributed by atoms with Crippen molar-refractivity contribution in [1.29, 1.82) is 0 Å². The summed E-state index contributed by atoms with van der Waals surface area (Å²) in [4.78, 5) is 14.5. The quantitative estimate of drug-likeness (QED) is 0.843. The standard InChI is InChI=1S/C15H21N3O2S/c1-20-12-8-6-7-11(14(16)21)13(12)17-15(19)18-9-4-2-3-5-10-18/h6-8H,2-5,9-10H2,1H3,(H2,16,21)(H,17,19). The molecular weight excluding hydrogens is 286 g/mol. The van der Waals surface area contributed by atoms with Crippen LogP contribution < -0.4 is 15.8 Å². The monoisotopic (exact) mass is 307 g/mol. The van der Waals surface area contributed by atoms with Crippen molar-refractivity contribution < 1.29 is 9.53 Å². The molecule has 1 aliphatic rings. The summed E-state index contributed by atoms with van der Waals surface area (Å²) < 4.78 is 5.30. The molecule has 1 aliphatic heterocycles. The summed E-state index contributed by atoms with van der Waals surface area (Å²) in [6.07, 6.45) is 4.44. The molecule has 2 amide bonds. The Labute approximate surface area is 130 Å². The summed E-state index contributed by atoms with van der Waals surface area (Å²) in [5, 5.41) is 2.90. The summed E-state index contributed by atoms with van der Waals surface area (Å²) in [6, 6.07) is 5.23. The molecule has 21 heavy (non-hydrogen) atoms. The maximum absolute atomic E-state index is 12.4. The van der Waals surface area contributed by atoms with Crippen LogP contribution in [0.15, 0.2) is 18.2 Å². The molecule has 6 heteroatoms. The van der Waals surface area contributed by atoms with E-state index in [1.54, 1.807) is 25.3 Å². The van der Waals surface area contributed by atoms with Crippen molar-refractivity contribution in [2.45, 2.75) is 25.7 Å². The van der Waals surface area contributed by atoms with Crippen LogP contribution in [0, 0.1) is 0 Å². The SMILES string of the molecule is COc1cccc(C(N)=S)c1NC(=O)N1CCCCCC1. The molecule has 0 atom stereocenters. The molecule has 1 saturated heterocycles. The van der Waals surface area contributed by atoms with Gasteiger partial charge in [-0.15, -0.1) is 0 Å². The third kappa shape index (κ3) is 3.85. The Kier molecular flexibility index (Phi) is 5.38. The van der Waals surface area contributed by atoms with E-state index in [9.17, 15) is 4.79 Å². The van der Waals surface area contributed by atoms with E-state index < -0.39 is 0 Å². The molecule has 3 N–H and O–H groups in total. The number of benzene rings is 1. The molecule has 0 spiro atoms. The van der Waals surface area contributed by atoms with Gasteiger partial charge in [-0.3, -0.25) is 0 Å². The van der Waals surface area contributed by atoms with Gasteiger partial charge in [0.05, 0.1) is 12.8 Å². The molecule has 0 radical (unpaired) electrons. The van der Waals surface area contributed by atoms with Crippen molar-refractivity contribution >= 4 is 28.9 Å². The molecule has 1 heterocycles. The number of nitrogens with one attached hydrogen (secondary N) is 1. The van der Waals surface area contributed by atoms with Gasteiger partial charge in [0.15, 0.2) is 0 Å². The number of ether oxygens (including phenoxy) is 1. The van der Waals surface area contributed by atoms with E-state index in [4.69, 9.17) is 22.7 Å². The predicted molar refractivity (Wildman–Crippen MR) is 87.9 cm³/mol. The molecule has 0 unspecified atom stereocenters. The van der Waals surface area contributed by atoms with E-state index in [2.05, 4.69) is 5.32 Å². The number of hydrogen-bond acceptors (Lipinski definition) is 3. The average molecular weight is 307 g/mol. The Balaban J connectivity index is 2.21. The number of rotatable bonds is 3. The van der Waals surface area contributed by atoms with Crippen LogP contribution in [0.25, 0.3) is 0 Å². The minimum atomic E-state index is -0.126. The van der Waals surface area contributed by atoms with Gasteiger partial charge in [0.25, 0.3) is 0 Å². The number of likely N-dealkylation sites (tertiary alicyclic amines) is 1. The van der Waals surface area contributed by atoms with E-state index in [1.807, 2.05) is 4.90 Å². The number of anilines is 1. The van der Waals surface area contributed by atoms with E-state index in [0.29, 0.717) is 17.0 Å². The van der Waals surface area contributed by atoms with Crippen molar-refractivity contribution in [3.63, 3.8) is 0 Å². The van der Waals surface area contributed by atoms with E-state index >= 15 is 0 Å². The van der Waals surface area contributed by atoms with Gasteiger partial charge in [-0.05, 0) is 25.0 Å². The van der Waals surface area contributed by atoms with Gasteiger partial charge >= 0.3 is 6.03 Å². The van der Waals surface area contributed by atoms with Crippen LogP contribution in [0.4, 0.5) is 10.5 Å². The highest BCUT2D eigenvalue weighted by atomic mass is 32.1. The van der Waals surface area contributed by atoms with Crippen LogP contribution in [-0.2, 0) is 0 Å². The number of nitrogens with zero attached hydrogens (tertiary/aromatic N) is 1. The highest BCUT2D eigenvalue weighted by Crippen LogP contribution is 2.28. The summed E-state index contributed by atoms with van der Waals surface area (Å²) in [6.45, 7) is 1.56. The number of para-hydroxylation sites is 1. The molecule has 0 saturated carbocycles. The van der Waals surface area contributed by atoms with Gasteiger partial charge in [-0.2, -0.15) is 0 Å². The second-order valence-electron chi connectivity index (χ2n) is 5.08. The minimum Gasteiger partial charge on any atom is -0.495 e. The maximum atomic E-state index is 12.4. The van der Waals surface area contributed by atoms with Crippen LogP contribution in [0.1, 0.15) is 31.2 Å². The third-order valence-corrected chi connectivity index (χ3v) is 3.86. The first-order valence-electron chi connectivity index (χ1n) is 7.16. The number of methoxy groups -OCH3 is 1. The number of urea groups is 1. The Bertz CT molecular complexity index is 526. The predicted octanol–water partition coefficient (Wildman–Crippen LogP) is 2.74. The van der Waals surface area contributed by atoms with E-state index in [-0.39, 0.29) is 11.0 Å². The van der Waals surface area contributed by atoms with Gasteiger partial charge in [0.1, 0.15) is 10.7 Å². The lowest BCUT2D eigenvalue weighted by Crippen LogP contribution is -2.36. The fraction of sp³-hybridized carbons (Fsp3) is 0.467. The van der Waals surface area contributed by atoms with Crippen LogP contribution in [0.2, 0.25) is 0 Å². The molecule has 114 valence electrons. The fourth-order valence-electron chi connectivity index (χ4n) is 2.50. The summed E-state index contributed by atoms with van der Waals surface area (Å²) in [5.74, 6) is 0.559. The second-order valence-corrected chi connectivity index (χ2v) is 5.52. The van der Waals surface area contributed by atoms with E-state index in [0.717, 1.165) is 25.9 Å². The molecule has 1 aromatic rings. The molecule has 0 aromatic heterocycles. The van der Waals surface area contributed by atoms with Crippen LogP contribution >= 0.6 is 12.2 Å². The molecule has 1 aromatic carbocycles. The van der Waals surface area contributed by atoms with Crippen LogP contribution in [0.3, 0.4) is 0 Å². The maximum Gasteiger partial charge on any atom is 0.321 e. The number of carbonyl (C=O) groups excluding carboxylic acids is 1. The van der Waals surface area contributed by atoms with E-state index in [1.165, 1.54) is 12.8 Å². The third-order valence-electron chi connectivity index (χ3n) is 3.64.